The first-order chi connectivity index (χ1) is 14.6. The number of ether oxygens (including phenoxy) is 1. The van der Waals surface area contributed by atoms with Crippen molar-refractivity contribution < 1.29 is 14.3 Å². The van der Waals surface area contributed by atoms with E-state index in [0.29, 0.717) is 6.42 Å². The number of carbonyl (C=O) groups excluding carboxylic acids is 2. The second-order valence-corrected chi connectivity index (χ2v) is 31.7. The molecule has 1 saturated heterocycles. The Morgan fingerprint density at radius 3 is 2.03 bits per heavy atom. The van der Waals surface area contributed by atoms with Crippen molar-refractivity contribution in [1.82, 2.24) is 4.90 Å². The first kappa shape index (κ1) is 26.9. The number of amides is 1. The van der Waals surface area contributed by atoms with Gasteiger partial charge in [-0.25, -0.2) is 0 Å². The van der Waals surface area contributed by atoms with E-state index in [4.69, 9.17) is 4.74 Å². The second-order valence-electron chi connectivity index (χ2n) is 11.0. The zero-order chi connectivity index (χ0) is 23.2. The van der Waals surface area contributed by atoms with Crippen molar-refractivity contribution >= 4 is 38.3 Å². The van der Waals surface area contributed by atoms with Gasteiger partial charge in [0.2, 0.25) is 0 Å². The molecule has 2 rings (SSSR count). The Balaban J connectivity index is 2.53. The van der Waals surface area contributed by atoms with Crippen molar-refractivity contribution in [3.8, 4) is 0 Å². The maximum atomic E-state index is 12.8. The molecule has 2 aliphatic heterocycles. The molecule has 6 heteroatoms. The molecule has 0 spiro atoms. The third-order valence-corrected chi connectivity index (χ3v) is 37.1. The van der Waals surface area contributed by atoms with Gasteiger partial charge in [-0.2, -0.15) is 0 Å². The van der Waals surface area contributed by atoms with Crippen LogP contribution in [0, 0.1) is 0 Å². The summed E-state index contributed by atoms with van der Waals surface area (Å²) in [4.78, 5) is 26.6. The predicted octanol–water partition coefficient (Wildman–Crippen LogP) is 6.56. The monoisotopic (exact) mass is 557 g/mol. The fraction of sp³-hybridized carbons (Fsp3) is 0.840. The van der Waals surface area contributed by atoms with Crippen LogP contribution in [0.2, 0.25) is 36.5 Å². The van der Waals surface area contributed by atoms with E-state index in [-0.39, 0.29) is 24.0 Å². The van der Waals surface area contributed by atoms with Crippen molar-refractivity contribution in [2.75, 3.05) is 6.54 Å². The number of rotatable bonds is 13. The Labute approximate surface area is 196 Å². The predicted molar refractivity (Wildman–Crippen MR) is 136 cm³/mol. The summed E-state index contributed by atoms with van der Waals surface area (Å²) in [6.45, 7) is 16.9. The van der Waals surface area contributed by atoms with Crippen molar-refractivity contribution in [2.45, 2.75) is 121 Å². The van der Waals surface area contributed by atoms with Gasteiger partial charge < -0.3 is 0 Å². The van der Waals surface area contributed by atoms with Crippen molar-refractivity contribution in [2.24, 2.45) is 0 Å². The zero-order valence-corrected chi connectivity index (χ0v) is 25.1. The molecule has 0 aliphatic carbocycles. The molecule has 3 atom stereocenters. The Bertz CT molecular complexity index is 634. The zero-order valence-electron chi connectivity index (χ0n) is 21.3. The summed E-state index contributed by atoms with van der Waals surface area (Å²) < 4.78 is 10.9. The number of hydrogen-bond donors (Lipinski definition) is 0. The van der Waals surface area contributed by atoms with Gasteiger partial charge in [0.05, 0.1) is 0 Å². The summed E-state index contributed by atoms with van der Waals surface area (Å²) in [6.07, 6.45) is 10.4. The minimum absolute atomic E-state index is 0.00841. The van der Waals surface area contributed by atoms with Crippen molar-refractivity contribution in [3.63, 3.8) is 0 Å². The first-order valence-electron chi connectivity index (χ1n) is 12.8. The fourth-order valence-electron chi connectivity index (χ4n) is 6.47. The Kier molecular flexibility index (Phi) is 10.2. The average Bonchev–Trinajstić information content (AvgIpc) is 3.23. The van der Waals surface area contributed by atoms with E-state index in [1.807, 2.05) is 4.90 Å². The van der Waals surface area contributed by atoms with Crippen LogP contribution in [0.4, 0.5) is 0 Å². The number of hydrogen-bond acceptors (Lipinski definition) is 3. The summed E-state index contributed by atoms with van der Waals surface area (Å²) in [5.41, 5.74) is 1.52. The third kappa shape index (κ3) is 6.39. The molecule has 0 radical (unpaired) electrons. The van der Waals surface area contributed by atoms with Gasteiger partial charge >= 0.3 is 197 Å². The van der Waals surface area contributed by atoms with Crippen LogP contribution in [-0.2, 0) is 14.3 Å². The minimum atomic E-state index is -2.61. The average molecular weight is 556 g/mol. The molecule has 1 unspecified atom stereocenters. The molecule has 178 valence electrons. The van der Waals surface area contributed by atoms with E-state index in [0.717, 1.165) is 10.1 Å². The molecular formula is C25H47NO3SiSn. The van der Waals surface area contributed by atoms with Crippen LogP contribution in [0.15, 0.2) is 11.6 Å². The van der Waals surface area contributed by atoms with E-state index in [1.54, 1.807) is 0 Å². The normalized spacial score (nSPS) is 22.5. The van der Waals surface area contributed by atoms with Gasteiger partial charge in [0.15, 0.2) is 0 Å². The van der Waals surface area contributed by atoms with Gasteiger partial charge in [-0.15, -0.1) is 0 Å². The molecule has 1 amide bonds. The molecule has 2 aliphatic rings. The summed E-state index contributed by atoms with van der Waals surface area (Å²) in [6, 6.07) is 0.00841. The number of nitrogens with zero attached hydrogens (tertiary/aromatic N) is 1. The van der Waals surface area contributed by atoms with Crippen LogP contribution in [-0.4, -0.2) is 61.9 Å². The topological polar surface area (TPSA) is 46.6 Å². The van der Waals surface area contributed by atoms with Crippen molar-refractivity contribution in [3.05, 3.63) is 11.6 Å². The second kappa shape index (κ2) is 11.7. The van der Waals surface area contributed by atoms with Crippen LogP contribution >= 0.6 is 0 Å². The van der Waals surface area contributed by atoms with Crippen molar-refractivity contribution in [1.29, 1.82) is 0 Å². The molecule has 4 nitrogen and oxygen atoms in total. The molecule has 2 heterocycles. The molecule has 0 aromatic rings. The van der Waals surface area contributed by atoms with Gasteiger partial charge in [-0.1, -0.05) is 0 Å². The van der Waals surface area contributed by atoms with Crippen LogP contribution in [0.25, 0.3) is 0 Å². The van der Waals surface area contributed by atoms with Crippen LogP contribution in [0.5, 0.6) is 0 Å². The van der Waals surface area contributed by atoms with E-state index >= 15 is 0 Å². The number of carbonyl (C=O) groups is 2. The molecule has 1 fully saturated rings. The Morgan fingerprint density at radius 1 is 1.10 bits per heavy atom. The molecule has 31 heavy (non-hydrogen) atoms. The maximum absolute atomic E-state index is 12.8. The molecular weight excluding hydrogens is 509 g/mol. The third-order valence-electron chi connectivity index (χ3n) is 7.46. The van der Waals surface area contributed by atoms with Gasteiger partial charge in [-0.05, 0) is 0 Å². The first-order valence-corrected chi connectivity index (χ1v) is 24.1. The fourth-order valence-corrected chi connectivity index (χ4v) is 44.7. The summed E-state index contributed by atoms with van der Waals surface area (Å²) in [5.74, 6) is -0.0959. The quantitative estimate of drug-likeness (QED) is 0.147. The van der Waals surface area contributed by atoms with E-state index in [1.165, 1.54) is 64.3 Å². The van der Waals surface area contributed by atoms with Gasteiger partial charge in [0, 0.05) is 0 Å². The van der Waals surface area contributed by atoms with Crippen LogP contribution in [0.3, 0.4) is 0 Å². The number of fused-ring (bicyclic) bond motifs is 1. The summed E-state index contributed by atoms with van der Waals surface area (Å²) in [7, 11) is -1.54. The number of esters is 1. The molecule has 0 saturated carbocycles. The Hall–Kier alpha value is -0.304. The van der Waals surface area contributed by atoms with E-state index < -0.39 is 26.5 Å². The molecule has 0 N–H and O–H groups in total. The van der Waals surface area contributed by atoms with E-state index in [2.05, 4.69) is 46.5 Å². The van der Waals surface area contributed by atoms with Crippen LogP contribution in [0.1, 0.15) is 72.6 Å². The molecule has 0 bridgehead atoms. The summed E-state index contributed by atoms with van der Waals surface area (Å²) in [5, 5.41) is 0. The Morgan fingerprint density at radius 2 is 1.61 bits per heavy atom. The van der Waals surface area contributed by atoms with Gasteiger partial charge in [0.1, 0.15) is 0 Å². The van der Waals surface area contributed by atoms with E-state index in [9.17, 15) is 9.59 Å². The van der Waals surface area contributed by atoms with Gasteiger partial charge in [-0.3, -0.25) is 0 Å². The summed E-state index contributed by atoms with van der Waals surface area (Å²) >= 11 is -2.61. The number of unbranched alkanes of at least 4 members (excludes halogenated alkanes) is 3. The standard InChI is InChI=1S/C13H20NO3Si.3C4H9.Sn/c1-9(15)17-11-7-12(16)14-6-5-10(13(11)14)8-18(2,3)4;3*1-3-4-2;/h5,8,11,13H,6-7H2,1-4H3;3*1,3-4H2,2H3;/t11-,13-;;;;/m0..../s1. The molecule has 0 aromatic heterocycles. The SMILES string of the molecule is CCC[CH2][Sn]([CH2]CCC)([CH2]CCC)[CH](C1=CCN2C(=O)C[C@H](OC(C)=O)[C@H]12)[Si](C)(C)C. The van der Waals surface area contributed by atoms with Gasteiger partial charge in [0.25, 0.3) is 0 Å². The molecule has 0 aromatic carbocycles. The van der Waals surface area contributed by atoms with Crippen LogP contribution < -0.4 is 0 Å².